The molecule has 3 rings (SSSR count). The van der Waals surface area contributed by atoms with Crippen LogP contribution in [0.25, 0.3) is 0 Å². The Kier molecular flexibility index (Phi) is 1.89. The van der Waals surface area contributed by atoms with Crippen molar-refractivity contribution in [1.29, 1.82) is 0 Å². The Balaban J connectivity index is 2.03. The molecule has 0 bridgehead atoms. The van der Waals surface area contributed by atoms with Crippen molar-refractivity contribution in [2.45, 2.75) is 36.6 Å². The van der Waals surface area contributed by atoms with Crippen molar-refractivity contribution >= 4 is 23.2 Å². The quantitative estimate of drug-likeness (QED) is 0.811. The van der Waals surface area contributed by atoms with Gasteiger partial charge < -0.3 is 5.73 Å². The van der Waals surface area contributed by atoms with E-state index in [0.717, 1.165) is 31.2 Å². The number of pyridine rings is 1. The first kappa shape index (κ1) is 9.88. The Hall–Kier alpha value is -0.310. The maximum Gasteiger partial charge on any atom is 0.147 e. The highest BCUT2D eigenvalue weighted by Gasteiger charge is 2.64. The number of aromatic nitrogens is 1. The van der Waals surface area contributed by atoms with E-state index in [4.69, 9.17) is 28.9 Å². The monoisotopic (exact) mass is 242 g/mol. The first-order valence-corrected chi connectivity index (χ1v) is 5.93. The number of nitrogens with zero attached hydrogens (tertiary/aromatic N) is 1. The molecular weight excluding hydrogens is 231 g/mol. The van der Waals surface area contributed by atoms with Gasteiger partial charge in [0.25, 0.3) is 0 Å². The first-order chi connectivity index (χ1) is 7.07. The highest BCUT2D eigenvalue weighted by Crippen LogP contribution is 2.63. The van der Waals surface area contributed by atoms with Crippen molar-refractivity contribution < 1.29 is 0 Å². The number of hydrogen-bond donors (Lipinski definition) is 1. The SMILES string of the molecule is NC1(C2(c3cnc(Cl)c(Cl)c3)CC2)CC1. The maximum absolute atomic E-state index is 6.30. The molecule has 15 heavy (non-hydrogen) atoms. The molecule has 2 N–H and O–H groups in total. The highest BCUT2D eigenvalue weighted by atomic mass is 35.5. The van der Waals surface area contributed by atoms with Crippen LogP contribution >= 0.6 is 23.2 Å². The lowest BCUT2D eigenvalue weighted by Gasteiger charge is -2.23. The van der Waals surface area contributed by atoms with Crippen LogP contribution in [-0.4, -0.2) is 10.5 Å². The summed E-state index contributed by atoms with van der Waals surface area (Å²) in [5, 5.41) is 0.905. The molecule has 0 unspecified atom stereocenters. The van der Waals surface area contributed by atoms with Crippen molar-refractivity contribution in [3.63, 3.8) is 0 Å². The van der Waals surface area contributed by atoms with Crippen molar-refractivity contribution in [2.24, 2.45) is 5.73 Å². The minimum Gasteiger partial charge on any atom is -0.324 e. The lowest BCUT2D eigenvalue weighted by molar-refractivity contribution is 0.502. The fourth-order valence-corrected chi connectivity index (χ4v) is 2.76. The van der Waals surface area contributed by atoms with Gasteiger partial charge in [-0.15, -0.1) is 0 Å². The van der Waals surface area contributed by atoms with E-state index in [1.165, 1.54) is 0 Å². The molecule has 0 radical (unpaired) electrons. The van der Waals surface area contributed by atoms with Gasteiger partial charge in [0.15, 0.2) is 0 Å². The molecule has 2 nitrogen and oxygen atoms in total. The first-order valence-electron chi connectivity index (χ1n) is 5.18. The van der Waals surface area contributed by atoms with E-state index in [1.54, 1.807) is 0 Å². The van der Waals surface area contributed by atoms with Gasteiger partial charge in [0.2, 0.25) is 0 Å². The Bertz CT molecular complexity index is 423. The van der Waals surface area contributed by atoms with Gasteiger partial charge in [-0.25, -0.2) is 4.98 Å². The van der Waals surface area contributed by atoms with Gasteiger partial charge in [-0.05, 0) is 37.3 Å². The second-order valence-corrected chi connectivity index (χ2v) is 5.50. The second kappa shape index (κ2) is 2.88. The van der Waals surface area contributed by atoms with Crippen molar-refractivity contribution in [2.75, 3.05) is 0 Å². The van der Waals surface area contributed by atoms with Crippen LogP contribution in [0, 0.1) is 0 Å². The average molecular weight is 243 g/mol. The van der Waals surface area contributed by atoms with E-state index in [1.807, 2.05) is 12.3 Å². The van der Waals surface area contributed by atoms with Crippen LogP contribution in [0.2, 0.25) is 10.2 Å². The summed E-state index contributed by atoms with van der Waals surface area (Å²) in [5.74, 6) is 0. The van der Waals surface area contributed by atoms with Crippen LogP contribution in [-0.2, 0) is 5.41 Å². The third kappa shape index (κ3) is 1.32. The average Bonchev–Trinajstić information content (AvgIpc) is 3.05. The van der Waals surface area contributed by atoms with Crippen molar-refractivity contribution in [3.05, 3.63) is 28.0 Å². The third-order valence-electron chi connectivity index (χ3n) is 3.84. The lowest BCUT2D eigenvalue weighted by Crippen LogP contribution is -2.37. The molecule has 0 spiro atoms. The summed E-state index contributed by atoms with van der Waals surface area (Å²) in [6.07, 6.45) is 6.38. The normalized spacial score (nSPS) is 25.0. The van der Waals surface area contributed by atoms with Gasteiger partial charge in [0, 0.05) is 17.2 Å². The van der Waals surface area contributed by atoms with Crippen LogP contribution in [0.15, 0.2) is 12.3 Å². The fourth-order valence-electron chi connectivity index (χ4n) is 2.50. The Morgan fingerprint density at radius 2 is 1.87 bits per heavy atom. The Morgan fingerprint density at radius 3 is 2.33 bits per heavy atom. The molecule has 1 aromatic rings. The molecule has 1 heterocycles. The molecule has 2 aliphatic carbocycles. The third-order valence-corrected chi connectivity index (χ3v) is 4.53. The molecule has 2 aliphatic rings. The molecule has 0 aromatic carbocycles. The molecule has 0 atom stereocenters. The highest BCUT2D eigenvalue weighted by molar-refractivity contribution is 6.41. The van der Waals surface area contributed by atoms with E-state index in [-0.39, 0.29) is 11.0 Å². The minimum atomic E-state index is 0.00579. The van der Waals surface area contributed by atoms with Crippen LogP contribution in [0.4, 0.5) is 0 Å². The van der Waals surface area contributed by atoms with Crippen molar-refractivity contribution in [3.8, 4) is 0 Å². The summed E-state index contributed by atoms with van der Waals surface area (Å²) in [4.78, 5) is 4.10. The lowest BCUT2D eigenvalue weighted by atomic mass is 9.87. The molecule has 80 valence electrons. The van der Waals surface area contributed by atoms with E-state index in [9.17, 15) is 0 Å². The van der Waals surface area contributed by atoms with Gasteiger partial charge in [0.1, 0.15) is 5.15 Å². The van der Waals surface area contributed by atoms with Crippen molar-refractivity contribution in [1.82, 2.24) is 4.98 Å². The Labute approximate surface area is 98.8 Å². The summed E-state index contributed by atoms with van der Waals surface area (Å²) in [6, 6.07) is 1.93. The standard InChI is InChI=1S/C11H12Cl2N2/c12-8-5-7(6-15-9(8)13)10(1-2-10)11(14)3-4-11/h5-6H,1-4,14H2. The number of nitrogens with two attached hydrogens (primary N) is 1. The molecule has 4 heteroatoms. The minimum absolute atomic E-state index is 0.00579. The van der Waals surface area contributed by atoms with Gasteiger partial charge >= 0.3 is 0 Å². The molecule has 2 fully saturated rings. The van der Waals surface area contributed by atoms with E-state index >= 15 is 0 Å². The summed E-state index contributed by atoms with van der Waals surface area (Å²) >= 11 is 11.8. The number of halogens is 2. The molecule has 0 saturated heterocycles. The molecular formula is C11H12Cl2N2. The summed E-state index contributed by atoms with van der Waals surface area (Å²) in [5.41, 5.74) is 7.62. The summed E-state index contributed by atoms with van der Waals surface area (Å²) < 4.78 is 0. The van der Waals surface area contributed by atoms with Crippen LogP contribution < -0.4 is 5.73 Å². The van der Waals surface area contributed by atoms with E-state index < -0.39 is 0 Å². The summed E-state index contributed by atoms with van der Waals surface area (Å²) in [7, 11) is 0. The number of rotatable bonds is 2. The van der Waals surface area contributed by atoms with Gasteiger partial charge in [-0.2, -0.15) is 0 Å². The smallest absolute Gasteiger partial charge is 0.147 e. The fraction of sp³-hybridized carbons (Fsp3) is 0.545. The van der Waals surface area contributed by atoms with Gasteiger partial charge in [-0.3, -0.25) is 0 Å². The zero-order chi connectivity index (χ0) is 10.7. The van der Waals surface area contributed by atoms with Gasteiger partial charge in [0.05, 0.1) is 5.02 Å². The molecule has 2 saturated carbocycles. The van der Waals surface area contributed by atoms with E-state index in [2.05, 4.69) is 4.98 Å². The van der Waals surface area contributed by atoms with Gasteiger partial charge in [-0.1, -0.05) is 23.2 Å². The van der Waals surface area contributed by atoms with Crippen LogP contribution in [0.1, 0.15) is 31.2 Å². The Morgan fingerprint density at radius 1 is 1.20 bits per heavy atom. The number of hydrogen-bond acceptors (Lipinski definition) is 2. The topological polar surface area (TPSA) is 38.9 Å². The van der Waals surface area contributed by atoms with Crippen LogP contribution in [0.3, 0.4) is 0 Å². The van der Waals surface area contributed by atoms with E-state index in [0.29, 0.717) is 10.2 Å². The predicted octanol–water partition coefficient (Wildman–Crippen LogP) is 2.91. The maximum atomic E-state index is 6.30. The zero-order valence-corrected chi connectivity index (χ0v) is 9.78. The second-order valence-electron chi connectivity index (χ2n) is 4.73. The molecule has 0 aliphatic heterocycles. The predicted molar refractivity (Wildman–Crippen MR) is 61.3 cm³/mol. The molecule has 1 aromatic heterocycles. The molecule has 0 amide bonds. The van der Waals surface area contributed by atoms with Crippen LogP contribution in [0.5, 0.6) is 0 Å². The zero-order valence-electron chi connectivity index (χ0n) is 8.26. The largest absolute Gasteiger partial charge is 0.324 e. The summed E-state index contributed by atoms with van der Waals surface area (Å²) in [6.45, 7) is 0.